The van der Waals surface area contributed by atoms with Crippen LogP contribution >= 0.6 is 0 Å². The molecule has 7 heteroatoms. The number of allylic oxidation sites excluding steroid dienone is 2. The molecule has 1 aliphatic heterocycles. The van der Waals surface area contributed by atoms with Gasteiger partial charge in [0.25, 0.3) is 0 Å². The lowest BCUT2D eigenvalue weighted by Crippen LogP contribution is -2.23. The van der Waals surface area contributed by atoms with Crippen LogP contribution in [0.15, 0.2) is 101 Å². The van der Waals surface area contributed by atoms with Crippen LogP contribution in [-0.4, -0.2) is 17.4 Å². The lowest BCUT2D eigenvalue weighted by Gasteiger charge is -2.14. The Hall–Kier alpha value is -4.00. The monoisotopic (exact) mass is 550 g/mol. The van der Waals surface area contributed by atoms with E-state index in [9.17, 15) is 22.8 Å². The number of alkyl halides is 3. The van der Waals surface area contributed by atoms with Gasteiger partial charge in [0.1, 0.15) is 5.84 Å². The molecule has 1 aliphatic rings. The van der Waals surface area contributed by atoms with Gasteiger partial charge < -0.3 is 5.73 Å². The maximum absolute atomic E-state index is 12.1. The van der Waals surface area contributed by atoms with Gasteiger partial charge in [0.15, 0.2) is 11.6 Å². The largest absolute Gasteiger partial charge is 0.416 e. The second kappa shape index (κ2) is 15.6. The van der Waals surface area contributed by atoms with Gasteiger partial charge >= 0.3 is 6.18 Å². The number of ketones is 2. The molecule has 212 valence electrons. The minimum Gasteiger partial charge on any atom is -0.387 e. The highest BCUT2D eigenvalue weighted by atomic mass is 19.4. The van der Waals surface area contributed by atoms with Crippen molar-refractivity contribution in [2.45, 2.75) is 65.5 Å². The Labute approximate surface area is 234 Å². The van der Waals surface area contributed by atoms with Gasteiger partial charge in [-0.25, -0.2) is 4.99 Å². The minimum absolute atomic E-state index is 0.0785. The Morgan fingerprint density at radius 3 is 1.93 bits per heavy atom. The molecule has 0 amide bonds. The average molecular weight is 551 g/mol. The van der Waals surface area contributed by atoms with Gasteiger partial charge in [0.2, 0.25) is 0 Å². The third kappa shape index (κ3) is 9.95. The van der Waals surface area contributed by atoms with Crippen molar-refractivity contribution >= 4 is 17.4 Å². The molecule has 0 aliphatic carbocycles. The zero-order chi connectivity index (χ0) is 29.7. The molecular weight excluding hydrogens is 513 g/mol. The second-order valence-electron chi connectivity index (χ2n) is 9.41. The molecule has 0 saturated carbocycles. The fourth-order valence-electron chi connectivity index (χ4n) is 4.13. The number of halogens is 3. The van der Waals surface area contributed by atoms with Crippen LogP contribution in [-0.2, 0) is 11.0 Å². The molecule has 1 heterocycles. The summed E-state index contributed by atoms with van der Waals surface area (Å²) in [4.78, 5) is 26.5. The number of hydrogen-bond donors (Lipinski definition) is 1. The van der Waals surface area contributed by atoms with Gasteiger partial charge in [0.05, 0.1) is 12.0 Å². The Balaban J connectivity index is 0.000000210. The molecule has 4 rings (SSSR count). The molecule has 0 saturated heterocycles. The summed E-state index contributed by atoms with van der Waals surface area (Å²) in [5, 5.41) is 0. The van der Waals surface area contributed by atoms with Gasteiger partial charge in [-0.15, -0.1) is 0 Å². The molecule has 3 aromatic rings. The van der Waals surface area contributed by atoms with E-state index in [-0.39, 0.29) is 17.1 Å². The number of aliphatic imine (C=N–C) groups is 1. The Morgan fingerprint density at radius 1 is 0.925 bits per heavy atom. The predicted molar refractivity (Wildman–Crippen MR) is 155 cm³/mol. The predicted octanol–water partition coefficient (Wildman–Crippen LogP) is 8.53. The van der Waals surface area contributed by atoms with Crippen LogP contribution in [0.2, 0.25) is 0 Å². The average Bonchev–Trinajstić information content (AvgIpc) is 2.95. The van der Waals surface area contributed by atoms with Crippen molar-refractivity contribution in [1.82, 2.24) is 0 Å². The van der Waals surface area contributed by atoms with Crippen molar-refractivity contribution in [3.8, 4) is 0 Å². The van der Waals surface area contributed by atoms with Crippen molar-refractivity contribution in [3.63, 3.8) is 0 Å². The van der Waals surface area contributed by atoms with E-state index in [0.29, 0.717) is 18.2 Å². The van der Waals surface area contributed by atoms with Gasteiger partial charge in [-0.05, 0) is 43.0 Å². The van der Waals surface area contributed by atoms with Crippen LogP contribution in [0.3, 0.4) is 0 Å². The number of amidine groups is 1. The lowest BCUT2D eigenvalue weighted by atomic mass is 9.93. The number of carbonyl (C=O) groups is 2. The zero-order valence-corrected chi connectivity index (χ0v) is 23.5. The van der Waals surface area contributed by atoms with Crippen molar-refractivity contribution in [1.29, 1.82) is 0 Å². The third-order valence-corrected chi connectivity index (χ3v) is 6.34. The van der Waals surface area contributed by atoms with Crippen LogP contribution in [0, 0.1) is 0 Å². The highest BCUT2D eigenvalue weighted by Crippen LogP contribution is 2.29. The van der Waals surface area contributed by atoms with Gasteiger partial charge in [-0.3, -0.25) is 9.59 Å². The van der Waals surface area contributed by atoms with Crippen molar-refractivity contribution < 1.29 is 22.8 Å². The fourth-order valence-corrected chi connectivity index (χ4v) is 4.13. The molecule has 0 radical (unpaired) electrons. The van der Waals surface area contributed by atoms with E-state index in [0.717, 1.165) is 42.7 Å². The molecule has 0 unspecified atom stereocenters. The van der Waals surface area contributed by atoms with E-state index in [4.69, 9.17) is 5.73 Å². The SMILES string of the molecule is CC(=O)c1cccc(C(F)(F)F)c1.CC(c1ccccc1)c1ccccc1.CCCC1=C(CC)N=C(N)CC1=O. The summed E-state index contributed by atoms with van der Waals surface area (Å²) in [6.07, 6.45) is -1.47. The van der Waals surface area contributed by atoms with E-state index < -0.39 is 11.7 Å². The summed E-state index contributed by atoms with van der Waals surface area (Å²) in [7, 11) is 0. The molecule has 0 aromatic heterocycles. The summed E-state index contributed by atoms with van der Waals surface area (Å²) in [6.45, 7) is 7.54. The number of hydrogen-bond acceptors (Lipinski definition) is 4. The molecule has 0 fully saturated rings. The highest BCUT2D eigenvalue weighted by Gasteiger charge is 2.30. The number of nitrogens with zero attached hydrogens (tertiary/aromatic N) is 1. The van der Waals surface area contributed by atoms with Gasteiger partial charge in [-0.2, -0.15) is 13.2 Å². The molecule has 40 heavy (non-hydrogen) atoms. The molecule has 4 nitrogen and oxygen atoms in total. The Kier molecular flexibility index (Phi) is 12.5. The Morgan fingerprint density at radius 2 is 1.48 bits per heavy atom. The topological polar surface area (TPSA) is 72.5 Å². The summed E-state index contributed by atoms with van der Waals surface area (Å²) in [6, 6.07) is 25.6. The van der Waals surface area contributed by atoms with Crippen LogP contribution in [0.1, 0.15) is 86.3 Å². The standard InChI is InChI=1S/C14H14.C10H16N2O.C9H7F3O/c1-12(13-8-4-2-5-9-13)14-10-6-3-7-11-14;1-3-5-7-8(4-2)12-10(11)6-9(7)13;1-6(13)7-3-2-4-8(5-7)9(10,11)12/h2-12H,1H3;3-6H2,1-2H3,(H2,11,12);2-5H,1H3. The third-order valence-electron chi connectivity index (χ3n) is 6.34. The number of nitrogens with two attached hydrogens (primary N) is 1. The first-order valence-electron chi connectivity index (χ1n) is 13.3. The number of benzene rings is 3. The van der Waals surface area contributed by atoms with Crippen molar-refractivity contribution in [3.05, 3.63) is 118 Å². The van der Waals surface area contributed by atoms with E-state index in [1.54, 1.807) is 0 Å². The van der Waals surface area contributed by atoms with E-state index in [2.05, 4.69) is 79.5 Å². The summed E-state index contributed by atoms with van der Waals surface area (Å²) in [5.41, 5.74) is 9.35. The number of rotatable bonds is 6. The molecule has 0 atom stereocenters. The number of carbonyl (C=O) groups excluding carboxylic acids is 2. The van der Waals surface area contributed by atoms with E-state index >= 15 is 0 Å². The lowest BCUT2D eigenvalue weighted by molar-refractivity contribution is -0.137. The highest BCUT2D eigenvalue weighted by molar-refractivity contribution is 6.10. The van der Waals surface area contributed by atoms with Crippen molar-refractivity contribution in [2.75, 3.05) is 0 Å². The second-order valence-corrected chi connectivity index (χ2v) is 9.41. The normalized spacial score (nSPS) is 13.1. The maximum Gasteiger partial charge on any atom is 0.416 e. The summed E-state index contributed by atoms with van der Waals surface area (Å²) >= 11 is 0. The maximum atomic E-state index is 12.1. The van der Waals surface area contributed by atoms with Crippen LogP contribution in [0.4, 0.5) is 13.2 Å². The molecule has 2 N–H and O–H groups in total. The van der Waals surface area contributed by atoms with Crippen molar-refractivity contribution in [2.24, 2.45) is 10.7 Å². The smallest absolute Gasteiger partial charge is 0.387 e. The Bertz CT molecular complexity index is 1270. The van der Waals surface area contributed by atoms with Crippen LogP contribution in [0.25, 0.3) is 0 Å². The van der Waals surface area contributed by atoms with Crippen LogP contribution < -0.4 is 5.73 Å². The molecule has 3 aromatic carbocycles. The zero-order valence-electron chi connectivity index (χ0n) is 23.5. The molecule has 0 bridgehead atoms. The molecule has 0 spiro atoms. The van der Waals surface area contributed by atoms with Gasteiger partial charge in [0, 0.05) is 22.8 Å². The first-order chi connectivity index (χ1) is 19.0. The van der Waals surface area contributed by atoms with E-state index in [1.807, 2.05) is 6.92 Å². The van der Waals surface area contributed by atoms with Crippen LogP contribution in [0.5, 0.6) is 0 Å². The van der Waals surface area contributed by atoms with E-state index in [1.165, 1.54) is 30.2 Å². The fraction of sp³-hybridized carbons (Fsp3) is 0.303. The number of Topliss-reactive ketones (excluding diaryl/α,β-unsaturated/α-hetero) is 2. The first kappa shape index (κ1) is 32.2. The minimum atomic E-state index is -4.38. The van der Waals surface area contributed by atoms with Gasteiger partial charge in [-0.1, -0.05) is 100.0 Å². The summed E-state index contributed by atoms with van der Waals surface area (Å²) < 4.78 is 36.4. The first-order valence-corrected chi connectivity index (χ1v) is 13.3. The summed E-state index contributed by atoms with van der Waals surface area (Å²) in [5.74, 6) is 0.733. The quantitative estimate of drug-likeness (QED) is 0.313. The molecular formula is C33H37F3N2O2.